The molecule has 0 spiro atoms. The fourth-order valence-electron chi connectivity index (χ4n) is 2.05. The van der Waals surface area contributed by atoms with Crippen molar-refractivity contribution in [2.24, 2.45) is 0 Å². The van der Waals surface area contributed by atoms with Gasteiger partial charge in [-0.05, 0) is 37.5 Å². The molecule has 1 aliphatic rings. The summed E-state index contributed by atoms with van der Waals surface area (Å²) in [6, 6.07) is 8.59. The number of hydrogen-bond acceptors (Lipinski definition) is 2. The first-order valence-electron chi connectivity index (χ1n) is 5.83. The smallest absolute Gasteiger partial charge is 0.0561 e. The van der Waals surface area contributed by atoms with Crippen molar-refractivity contribution in [1.29, 1.82) is 0 Å². The standard InChI is InChI=1S/C13H18ClNO/c1-10-8-13(6-7-16-10)15-9-11-2-4-12(14)5-3-11/h2-5,10,13,15H,6-9H2,1H3. The van der Waals surface area contributed by atoms with Gasteiger partial charge in [0.05, 0.1) is 6.10 Å². The monoisotopic (exact) mass is 239 g/mol. The number of halogens is 1. The molecule has 16 heavy (non-hydrogen) atoms. The van der Waals surface area contributed by atoms with Gasteiger partial charge < -0.3 is 10.1 Å². The highest BCUT2D eigenvalue weighted by molar-refractivity contribution is 6.30. The van der Waals surface area contributed by atoms with Gasteiger partial charge in [-0.25, -0.2) is 0 Å². The molecule has 2 atom stereocenters. The second-order valence-electron chi connectivity index (χ2n) is 4.41. The lowest BCUT2D eigenvalue weighted by Gasteiger charge is -2.28. The molecule has 3 heteroatoms. The highest BCUT2D eigenvalue weighted by Gasteiger charge is 2.18. The maximum Gasteiger partial charge on any atom is 0.0561 e. The topological polar surface area (TPSA) is 21.3 Å². The zero-order chi connectivity index (χ0) is 11.4. The molecule has 1 N–H and O–H groups in total. The van der Waals surface area contributed by atoms with E-state index in [1.807, 2.05) is 12.1 Å². The summed E-state index contributed by atoms with van der Waals surface area (Å²) >= 11 is 5.84. The van der Waals surface area contributed by atoms with E-state index >= 15 is 0 Å². The molecule has 1 fully saturated rings. The molecule has 1 aromatic carbocycles. The molecular weight excluding hydrogens is 222 g/mol. The molecule has 0 amide bonds. The van der Waals surface area contributed by atoms with Crippen molar-refractivity contribution in [3.8, 4) is 0 Å². The highest BCUT2D eigenvalue weighted by atomic mass is 35.5. The van der Waals surface area contributed by atoms with Crippen LogP contribution in [0.3, 0.4) is 0 Å². The van der Waals surface area contributed by atoms with Crippen molar-refractivity contribution in [2.45, 2.75) is 38.5 Å². The van der Waals surface area contributed by atoms with Crippen LogP contribution in [-0.2, 0) is 11.3 Å². The summed E-state index contributed by atoms with van der Waals surface area (Å²) in [5.41, 5.74) is 1.28. The molecule has 0 radical (unpaired) electrons. The summed E-state index contributed by atoms with van der Waals surface area (Å²) in [5.74, 6) is 0. The van der Waals surface area contributed by atoms with Gasteiger partial charge in [0.2, 0.25) is 0 Å². The van der Waals surface area contributed by atoms with Gasteiger partial charge in [-0.3, -0.25) is 0 Å². The van der Waals surface area contributed by atoms with Crippen molar-refractivity contribution < 1.29 is 4.74 Å². The fourth-order valence-corrected chi connectivity index (χ4v) is 2.17. The Kier molecular flexibility index (Phi) is 4.22. The third-order valence-electron chi connectivity index (χ3n) is 2.99. The van der Waals surface area contributed by atoms with Crippen molar-refractivity contribution in [2.75, 3.05) is 6.61 Å². The van der Waals surface area contributed by atoms with Crippen LogP contribution in [0.1, 0.15) is 25.3 Å². The van der Waals surface area contributed by atoms with Crippen LogP contribution in [0.5, 0.6) is 0 Å². The third-order valence-corrected chi connectivity index (χ3v) is 3.25. The Morgan fingerprint density at radius 1 is 1.38 bits per heavy atom. The van der Waals surface area contributed by atoms with E-state index in [0.717, 1.165) is 31.0 Å². The molecule has 1 aliphatic heterocycles. The quantitative estimate of drug-likeness (QED) is 0.876. The van der Waals surface area contributed by atoms with E-state index in [9.17, 15) is 0 Å². The van der Waals surface area contributed by atoms with Gasteiger partial charge in [0, 0.05) is 24.2 Å². The zero-order valence-corrected chi connectivity index (χ0v) is 10.3. The molecule has 0 bridgehead atoms. The predicted octanol–water partition coefficient (Wildman–Crippen LogP) is 3.00. The minimum absolute atomic E-state index is 0.386. The van der Waals surface area contributed by atoms with E-state index in [0.29, 0.717) is 12.1 Å². The van der Waals surface area contributed by atoms with E-state index in [1.54, 1.807) is 0 Å². The Bertz CT molecular complexity index is 325. The van der Waals surface area contributed by atoms with Crippen molar-refractivity contribution >= 4 is 11.6 Å². The Balaban J connectivity index is 1.80. The van der Waals surface area contributed by atoms with E-state index < -0.39 is 0 Å². The molecular formula is C13H18ClNO. The van der Waals surface area contributed by atoms with Gasteiger partial charge >= 0.3 is 0 Å². The van der Waals surface area contributed by atoms with E-state index in [1.165, 1.54) is 5.56 Å². The zero-order valence-electron chi connectivity index (χ0n) is 9.58. The van der Waals surface area contributed by atoms with Gasteiger partial charge in [-0.1, -0.05) is 23.7 Å². The summed E-state index contributed by atoms with van der Waals surface area (Å²) in [6.07, 6.45) is 2.60. The van der Waals surface area contributed by atoms with Crippen LogP contribution >= 0.6 is 11.6 Å². The van der Waals surface area contributed by atoms with Gasteiger partial charge in [-0.15, -0.1) is 0 Å². The maximum absolute atomic E-state index is 5.84. The second kappa shape index (κ2) is 5.67. The van der Waals surface area contributed by atoms with Crippen LogP contribution in [0.2, 0.25) is 5.02 Å². The van der Waals surface area contributed by atoms with Crippen molar-refractivity contribution in [3.05, 3.63) is 34.9 Å². The fraction of sp³-hybridized carbons (Fsp3) is 0.538. The molecule has 0 aromatic heterocycles. The first-order chi connectivity index (χ1) is 7.74. The normalized spacial score (nSPS) is 25.6. The van der Waals surface area contributed by atoms with Crippen molar-refractivity contribution in [3.63, 3.8) is 0 Å². The van der Waals surface area contributed by atoms with Crippen LogP contribution < -0.4 is 5.32 Å². The minimum atomic E-state index is 0.386. The lowest BCUT2D eigenvalue weighted by molar-refractivity contribution is 0.0130. The number of nitrogens with one attached hydrogen (secondary N) is 1. The molecule has 2 unspecified atom stereocenters. The average molecular weight is 240 g/mol. The van der Waals surface area contributed by atoms with E-state index in [4.69, 9.17) is 16.3 Å². The Morgan fingerprint density at radius 3 is 2.81 bits per heavy atom. The van der Waals surface area contributed by atoms with Crippen LogP contribution in [0.25, 0.3) is 0 Å². The molecule has 2 rings (SSSR count). The maximum atomic E-state index is 5.84. The van der Waals surface area contributed by atoms with Crippen molar-refractivity contribution in [1.82, 2.24) is 5.32 Å². The second-order valence-corrected chi connectivity index (χ2v) is 4.85. The minimum Gasteiger partial charge on any atom is -0.378 e. The summed E-state index contributed by atoms with van der Waals surface area (Å²) in [7, 11) is 0. The van der Waals surface area contributed by atoms with Gasteiger partial charge in [0.15, 0.2) is 0 Å². The first kappa shape index (κ1) is 11.9. The molecule has 0 saturated carbocycles. The highest BCUT2D eigenvalue weighted by Crippen LogP contribution is 2.14. The summed E-state index contributed by atoms with van der Waals surface area (Å²) < 4.78 is 5.52. The largest absolute Gasteiger partial charge is 0.378 e. The van der Waals surface area contributed by atoms with Crippen LogP contribution in [0.4, 0.5) is 0 Å². The number of ether oxygens (including phenoxy) is 1. The molecule has 88 valence electrons. The molecule has 1 saturated heterocycles. The predicted molar refractivity (Wildman–Crippen MR) is 66.7 cm³/mol. The van der Waals surface area contributed by atoms with Crippen LogP contribution in [-0.4, -0.2) is 18.8 Å². The van der Waals surface area contributed by atoms with Gasteiger partial charge in [0.25, 0.3) is 0 Å². The summed E-state index contributed by atoms with van der Waals surface area (Å²) in [5, 5.41) is 4.36. The lowest BCUT2D eigenvalue weighted by Crippen LogP contribution is -2.37. The lowest BCUT2D eigenvalue weighted by atomic mass is 10.0. The van der Waals surface area contributed by atoms with E-state index in [2.05, 4.69) is 24.4 Å². The van der Waals surface area contributed by atoms with Gasteiger partial charge in [0.1, 0.15) is 0 Å². The molecule has 1 heterocycles. The molecule has 2 nitrogen and oxygen atoms in total. The van der Waals surface area contributed by atoms with Crippen LogP contribution in [0.15, 0.2) is 24.3 Å². The van der Waals surface area contributed by atoms with Crippen LogP contribution in [0, 0.1) is 0 Å². The number of benzene rings is 1. The SMILES string of the molecule is CC1CC(NCc2ccc(Cl)cc2)CCO1. The third kappa shape index (κ3) is 3.48. The Hall–Kier alpha value is -0.570. The Morgan fingerprint density at radius 2 is 2.12 bits per heavy atom. The van der Waals surface area contributed by atoms with E-state index in [-0.39, 0.29) is 0 Å². The summed E-state index contributed by atoms with van der Waals surface area (Å²) in [6.45, 7) is 3.92. The number of hydrogen-bond donors (Lipinski definition) is 1. The number of rotatable bonds is 3. The molecule has 1 aromatic rings. The Labute approximate surface area is 102 Å². The molecule has 0 aliphatic carbocycles. The van der Waals surface area contributed by atoms with Gasteiger partial charge in [-0.2, -0.15) is 0 Å². The average Bonchev–Trinajstić information content (AvgIpc) is 2.28. The first-order valence-corrected chi connectivity index (χ1v) is 6.21. The summed E-state index contributed by atoms with van der Waals surface area (Å²) in [4.78, 5) is 0.